The quantitative estimate of drug-likeness (QED) is 0.719. The van der Waals surface area contributed by atoms with Gasteiger partial charge in [0.25, 0.3) is 0 Å². The number of pyridine rings is 2. The van der Waals surface area contributed by atoms with E-state index in [1.807, 2.05) is 4.90 Å². The van der Waals surface area contributed by atoms with Gasteiger partial charge in [-0.15, -0.1) is 0 Å². The predicted octanol–water partition coefficient (Wildman–Crippen LogP) is 3.03. The molecule has 3 aliphatic heterocycles. The normalized spacial score (nSPS) is 21.1. The van der Waals surface area contributed by atoms with Gasteiger partial charge in [-0.25, -0.2) is 4.98 Å². The van der Waals surface area contributed by atoms with E-state index in [1.165, 1.54) is 12.1 Å². The van der Waals surface area contributed by atoms with Crippen LogP contribution in [0.2, 0.25) is 0 Å². The Morgan fingerprint density at radius 2 is 1.79 bits per heavy atom. The third-order valence-electron chi connectivity index (χ3n) is 5.11. The van der Waals surface area contributed by atoms with Gasteiger partial charge in [0.15, 0.2) is 5.65 Å². The lowest BCUT2D eigenvalue weighted by Crippen LogP contribution is -2.57. The maximum atomic E-state index is 13.2. The van der Waals surface area contributed by atoms with Gasteiger partial charge in [-0.05, 0) is 18.2 Å². The number of morpholine rings is 1. The highest BCUT2D eigenvalue weighted by molar-refractivity contribution is 5.87. The molecule has 0 amide bonds. The minimum Gasteiger partial charge on any atom is -0.371 e. The Balaban J connectivity index is 1.47. The van der Waals surface area contributed by atoms with Crippen molar-refractivity contribution in [3.05, 3.63) is 47.9 Å². The van der Waals surface area contributed by atoms with Crippen molar-refractivity contribution in [3.8, 4) is 0 Å². The first-order chi connectivity index (χ1) is 14.0. The second-order valence-corrected chi connectivity index (χ2v) is 7.13. The number of nitrogens with zero attached hydrogens (tertiary/aromatic N) is 5. The van der Waals surface area contributed by atoms with Crippen LogP contribution in [0.3, 0.4) is 0 Å². The van der Waals surface area contributed by atoms with Crippen LogP contribution in [0.4, 0.5) is 24.9 Å². The first kappa shape index (κ1) is 18.0. The van der Waals surface area contributed by atoms with Crippen LogP contribution in [0.15, 0.2) is 36.7 Å². The van der Waals surface area contributed by atoms with Crippen LogP contribution in [0, 0.1) is 0 Å². The van der Waals surface area contributed by atoms with Crippen LogP contribution in [0.5, 0.6) is 0 Å². The van der Waals surface area contributed by atoms with Crippen molar-refractivity contribution in [3.63, 3.8) is 0 Å². The number of ether oxygens (including phenoxy) is 1. The number of nitrogens with one attached hydrogen (secondary N) is 1. The molecule has 3 aliphatic rings. The zero-order chi connectivity index (χ0) is 20.0. The van der Waals surface area contributed by atoms with Gasteiger partial charge in [-0.3, -0.25) is 4.98 Å². The van der Waals surface area contributed by atoms with Gasteiger partial charge in [0.2, 0.25) is 5.95 Å². The number of rotatable bonds is 4. The molecule has 1 N–H and O–H groups in total. The summed E-state index contributed by atoms with van der Waals surface area (Å²) in [6.07, 6.45) is -0.362. The van der Waals surface area contributed by atoms with E-state index >= 15 is 0 Å². The number of aromatic nitrogens is 4. The van der Waals surface area contributed by atoms with E-state index in [0.717, 1.165) is 12.6 Å². The topological polar surface area (TPSA) is 76.1 Å². The van der Waals surface area contributed by atoms with Crippen molar-refractivity contribution < 1.29 is 17.9 Å². The van der Waals surface area contributed by atoms with E-state index in [0.29, 0.717) is 35.9 Å². The van der Waals surface area contributed by atoms with E-state index in [4.69, 9.17) is 4.74 Å². The summed E-state index contributed by atoms with van der Waals surface area (Å²) < 4.78 is 45.3. The van der Waals surface area contributed by atoms with E-state index in [2.05, 4.69) is 25.3 Å². The first-order valence-electron chi connectivity index (χ1n) is 9.25. The molecule has 3 aromatic rings. The fourth-order valence-corrected chi connectivity index (χ4v) is 3.76. The van der Waals surface area contributed by atoms with E-state index in [1.54, 1.807) is 18.3 Å². The second kappa shape index (κ2) is 6.80. The zero-order valence-corrected chi connectivity index (χ0v) is 15.2. The van der Waals surface area contributed by atoms with Gasteiger partial charge in [0, 0.05) is 44.0 Å². The summed E-state index contributed by atoms with van der Waals surface area (Å²) in [6.45, 7) is 1.31. The number of hydrogen-bond donors (Lipinski definition) is 1. The number of hydrogen-bond acceptors (Lipinski definition) is 7. The molecule has 10 heteroatoms. The summed E-state index contributed by atoms with van der Waals surface area (Å²) in [6, 6.07) is 6.42. The average Bonchev–Trinajstić information content (AvgIpc) is 2.71. The van der Waals surface area contributed by atoms with Gasteiger partial charge in [-0.2, -0.15) is 23.1 Å². The van der Waals surface area contributed by atoms with Crippen molar-refractivity contribution in [2.45, 2.75) is 31.3 Å². The summed E-state index contributed by atoms with van der Waals surface area (Å²) in [5.74, 6) is 0.939. The Kier molecular flexibility index (Phi) is 4.23. The van der Waals surface area contributed by atoms with Gasteiger partial charge < -0.3 is 15.0 Å². The molecule has 0 aliphatic carbocycles. The Labute approximate surface area is 164 Å². The van der Waals surface area contributed by atoms with E-state index in [9.17, 15) is 13.2 Å². The van der Waals surface area contributed by atoms with Crippen LogP contribution in [0.25, 0.3) is 11.0 Å². The Hall–Kier alpha value is -3.01. The molecule has 3 saturated heterocycles. The number of alkyl halides is 3. The molecule has 29 heavy (non-hydrogen) atoms. The van der Waals surface area contributed by atoms with E-state index in [-0.39, 0.29) is 24.3 Å². The van der Waals surface area contributed by atoms with Crippen LogP contribution in [-0.4, -0.2) is 45.2 Å². The highest BCUT2D eigenvalue weighted by Gasteiger charge is 2.39. The number of anilines is 2. The summed E-state index contributed by atoms with van der Waals surface area (Å²) in [5.41, 5.74) is -0.371. The summed E-state index contributed by atoms with van der Waals surface area (Å²) >= 11 is 0. The monoisotopic (exact) mass is 402 g/mol. The van der Waals surface area contributed by atoms with Crippen molar-refractivity contribution in [1.82, 2.24) is 19.9 Å². The SMILES string of the molecule is FC(F)(F)c1ncccc1CNc1nc(N2CC3CC(C2)O3)nc2ncccc12. The lowest BCUT2D eigenvalue weighted by Gasteiger charge is -2.47. The largest absolute Gasteiger partial charge is 0.433 e. The van der Waals surface area contributed by atoms with Crippen LogP contribution in [-0.2, 0) is 17.5 Å². The van der Waals surface area contributed by atoms with Gasteiger partial charge >= 0.3 is 6.18 Å². The minimum atomic E-state index is -4.52. The molecule has 0 aromatic carbocycles. The van der Waals surface area contributed by atoms with Crippen molar-refractivity contribution >= 4 is 22.8 Å². The molecule has 2 bridgehead atoms. The fourth-order valence-electron chi connectivity index (χ4n) is 3.76. The molecule has 6 rings (SSSR count). The number of halogens is 3. The highest BCUT2D eigenvalue weighted by Crippen LogP contribution is 2.33. The standard InChI is InChI=1S/C19H17F3N6O/c20-19(21,22)15-11(3-1-5-23-15)8-25-17-14-4-2-6-24-16(14)26-18(27-17)28-9-12-7-13(10-28)29-12/h1-6,12-13H,7-10H2,(H,24,25,26,27). The molecule has 0 spiro atoms. The lowest BCUT2D eigenvalue weighted by atomic mass is 9.99. The van der Waals surface area contributed by atoms with E-state index < -0.39 is 11.9 Å². The van der Waals surface area contributed by atoms with Crippen LogP contribution >= 0.6 is 0 Å². The molecule has 6 heterocycles. The van der Waals surface area contributed by atoms with Crippen molar-refractivity contribution in [2.24, 2.45) is 0 Å². The van der Waals surface area contributed by atoms with Crippen molar-refractivity contribution in [2.75, 3.05) is 23.3 Å². The van der Waals surface area contributed by atoms with Gasteiger partial charge in [0.05, 0.1) is 17.6 Å². The molecule has 3 fully saturated rings. The Bertz CT molecular complexity index is 1040. The molecular formula is C19H17F3N6O. The number of piperidine rings is 1. The maximum Gasteiger partial charge on any atom is 0.433 e. The van der Waals surface area contributed by atoms with Crippen LogP contribution < -0.4 is 10.2 Å². The summed E-state index contributed by atoms with van der Waals surface area (Å²) in [4.78, 5) is 19.0. The third kappa shape index (κ3) is 3.44. The zero-order valence-electron chi connectivity index (χ0n) is 15.2. The van der Waals surface area contributed by atoms with Gasteiger partial charge in [0.1, 0.15) is 11.5 Å². The molecule has 150 valence electrons. The second-order valence-electron chi connectivity index (χ2n) is 7.13. The average molecular weight is 402 g/mol. The predicted molar refractivity (Wildman–Crippen MR) is 99.4 cm³/mol. The third-order valence-corrected chi connectivity index (χ3v) is 5.11. The molecule has 0 radical (unpaired) electrons. The molecular weight excluding hydrogens is 385 g/mol. The molecule has 3 aromatic heterocycles. The summed E-state index contributed by atoms with van der Waals surface area (Å²) in [7, 11) is 0. The highest BCUT2D eigenvalue weighted by atomic mass is 19.4. The molecule has 2 atom stereocenters. The van der Waals surface area contributed by atoms with Crippen LogP contribution in [0.1, 0.15) is 17.7 Å². The smallest absolute Gasteiger partial charge is 0.371 e. The molecule has 0 saturated carbocycles. The maximum absolute atomic E-state index is 13.2. The Morgan fingerprint density at radius 1 is 1.07 bits per heavy atom. The minimum absolute atomic E-state index is 0.0461. The number of fused-ring (bicyclic) bond motifs is 3. The summed E-state index contributed by atoms with van der Waals surface area (Å²) in [5, 5.41) is 3.67. The van der Waals surface area contributed by atoms with Crippen molar-refractivity contribution in [1.29, 1.82) is 0 Å². The lowest BCUT2D eigenvalue weighted by molar-refractivity contribution is -0.141. The first-order valence-corrected chi connectivity index (χ1v) is 9.25. The Morgan fingerprint density at radius 3 is 2.55 bits per heavy atom. The molecule has 7 nitrogen and oxygen atoms in total. The van der Waals surface area contributed by atoms with Gasteiger partial charge in [-0.1, -0.05) is 6.07 Å². The molecule has 2 unspecified atom stereocenters. The fraction of sp³-hybridized carbons (Fsp3) is 0.368.